The number of phenols is 1. The van der Waals surface area contributed by atoms with Crippen molar-refractivity contribution in [3.05, 3.63) is 75.5 Å². The number of aromatic hydroxyl groups is 1. The molecule has 2 aliphatic rings. The molecule has 0 unspecified atom stereocenters. The highest BCUT2D eigenvalue weighted by Gasteiger charge is 2.36. The van der Waals surface area contributed by atoms with Crippen LogP contribution in [0.1, 0.15) is 18.1 Å². The summed E-state index contributed by atoms with van der Waals surface area (Å²) in [6.07, 6.45) is 3.41. The summed E-state index contributed by atoms with van der Waals surface area (Å²) in [6.45, 7) is 1.71. The van der Waals surface area contributed by atoms with Crippen LogP contribution in [-0.2, 0) is 4.79 Å². The first-order valence-corrected chi connectivity index (χ1v) is 8.22. The van der Waals surface area contributed by atoms with Crippen molar-refractivity contribution in [3.63, 3.8) is 0 Å². The van der Waals surface area contributed by atoms with E-state index in [2.05, 4.69) is 4.98 Å². The van der Waals surface area contributed by atoms with E-state index in [0.29, 0.717) is 22.3 Å². The zero-order valence-corrected chi connectivity index (χ0v) is 13.6. The van der Waals surface area contributed by atoms with Crippen molar-refractivity contribution >= 4 is 29.2 Å². The van der Waals surface area contributed by atoms with Crippen LogP contribution in [0.15, 0.2) is 69.4 Å². The van der Waals surface area contributed by atoms with Crippen LogP contribution in [0, 0.1) is 0 Å². The molecular formula is C19H13NO3S. The van der Waals surface area contributed by atoms with Gasteiger partial charge in [-0.05, 0) is 36.8 Å². The second-order valence-corrected chi connectivity index (χ2v) is 6.61. The molecule has 2 aromatic rings. The fraction of sp³-hybridized carbons (Fsp3) is 0.0526. The highest BCUT2D eigenvalue weighted by Crippen LogP contribution is 2.51. The Morgan fingerprint density at radius 2 is 1.92 bits per heavy atom. The predicted octanol–water partition coefficient (Wildman–Crippen LogP) is 4.10. The van der Waals surface area contributed by atoms with Crippen LogP contribution >= 0.6 is 11.8 Å². The lowest BCUT2D eigenvalue weighted by Crippen LogP contribution is -2.14. The monoisotopic (exact) mass is 335 g/mol. The third-order valence-corrected chi connectivity index (χ3v) is 5.29. The third kappa shape index (κ3) is 2.09. The molecule has 4 rings (SSSR count). The molecular weight excluding hydrogens is 322 g/mol. The van der Waals surface area contributed by atoms with Gasteiger partial charge in [0.15, 0.2) is 5.76 Å². The fourth-order valence-corrected chi connectivity index (χ4v) is 3.99. The summed E-state index contributed by atoms with van der Waals surface area (Å²) in [7, 11) is 0. The molecule has 1 aromatic carbocycles. The predicted molar refractivity (Wildman–Crippen MR) is 93.4 cm³/mol. The molecule has 2 N–H and O–H groups in total. The maximum Gasteiger partial charge on any atom is 0.228 e. The number of carbonyl (C=O) groups excluding carboxylic acids is 1. The first kappa shape index (κ1) is 14.8. The summed E-state index contributed by atoms with van der Waals surface area (Å²) in [4.78, 5) is 17.5. The Balaban J connectivity index is 1.98. The molecule has 4 nitrogen and oxygen atoms in total. The average Bonchev–Trinajstić information content (AvgIpc) is 2.99. The van der Waals surface area contributed by atoms with Gasteiger partial charge in [-0.1, -0.05) is 30.0 Å². The van der Waals surface area contributed by atoms with Crippen molar-refractivity contribution < 1.29 is 15.0 Å². The summed E-state index contributed by atoms with van der Waals surface area (Å²) >= 11 is 1.37. The van der Waals surface area contributed by atoms with E-state index in [1.54, 1.807) is 31.3 Å². The first-order valence-electron chi connectivity index (χ1n) is 7.40. The number of nitrogens with zero attached hydrogens (tertiary/aromatic N) is 1. The molecule has 118 valence electrons. The smallest absolute Gasteiger partial charge is 0.228 e. The number of benzene rings is 1. The lowest BCUT2D eigenvalue weighted by molar-refractivity contribution is -0.114. The minimum atomic E-state index is -0.413. The molecule has 0 atom stereocenters. The molecule has 0 bridgehead atoms. The number of ketones is 1. The lowest BCUT2D eigenvalue weighted by atomic mass is 9.91. The Kier molecular flexibility index (Phi) is 3.32. The first-order chi connectivity index (χ1) is 11.6. The van der Waals surface area contributed by atoms with E-state index in [0.717, 1.165) is 15.5 Å². The Morgan fingerprint density at radius 3 is 2.67 bits per heavy atom. The minimum absolute atomic E-state index is 0.120. The van der Waals surface area contributed by atoms with E-state index in [9.17, 15) is 15.0 Å². The second-order valence-electron chi connectivity index (χ2n) is 5.58. The summed E-state index contributed by atoms with van der Waals surface area (Å²) < 4.78 is 0. The van der Waals surface area contributed by atoms with Crippen molar-refractivity contribution in [1.82, 2.24) is 4.98 Å². The Bertz CT molecular complexity index is 971. The number of pyridine rings is 1. The lowest BCUT2D eigenvalue weighted by Gasteiger charge is -2.21. The van der Waals surface area contributed by atoms with Crippen molar-refractivity contribution in [2.75, 3.05) is 0 Å². The van der Waals surface area contributed by atoms with E-state index in [4.69, 9.17) is 0 Å². The fourth-order valence-electron chi connectivity index (χ4n) is 2.96. The number of aliphatic hydroxyl groups excluding tert-OH is 1. The van der Waals surface area contributed by atoms with Gasteiger partial charge in [0, 0.05) is 33.4 Å². The zero-order chi connectivity index (χ0) is 16.8. The summed E-state index contributed by atoms with van der Waals surface area (Å²) in [5.74, 6) is -0.547. The average molecular weight is 335 g/mol. The molecule has 5 heteroatoms. The normalized spacial score (nSPS) is 16.2. The van der Waals surface area contributed by atoms with Crippen LogP contribution in [0.3, 0.4) is 0 Å². The summed E-state index contributed by atoms with van der Waals surface area (Å²) in [5, 5.41) is 21.3. The van der Waals surface area contributed by atoms with Gasteiger partial charge >= 0.3 is 0 Å². The molecule has 1 aromatic heterocycles. The molecule has 0 saturated carbocycles. The highest BCUT2D eigenvalue weighted by molar-refractivity contribution is 8.03. The second kappa shape index (κ2) is 5.39. The Morgan fingerprint density at radius 1 is 1.08 bits per heavy atom. The van der Waals surface area contributed by atoms with Crippen LogP contribution in [0.25, 0.3) is 11.6 Å². The molecule has 0 radical (unpaired) electrons. The van der Waals surface area contributed by atoms with Gasteiger partial charge in [-0.3, -0.25) is 4.79 Å². The third-order valence-electron chi connectivity index (χ3n) is 4.12. The van der Waals surface area contributed by atoms with Gasteiger partial charge in [-0.2, -0.15) is 0 Å². The van der Waals surface area contributed by atoms with Crippen molar-refractivity contribution in [2.45, 2.75) is 11.9 Å². The number of fused-ring (bicyclic) bond motifs is 3. The van der Waals surface area contributed by atoms with E-state index in [1.165, 1.54) is 11.8 Å². The van der Waals surface area contributed by atoms with Crippen molar-refractivity contribution in [3.8, 4) is 5.75 Å². The van der Waals surface area contributed by atoms with Crippen LogP contribution in [0.5, 0.6) is 5.75 Å². The van der Waals surface area contributed by atoms with Crippen LogP contribution in [-0.4, -0.2) is 21.0 Å². The number of Topliss-reactive ketones (excluding diaryl/α,β-unsaturated/α-hetero) is 1. The van der Waals surface area contributed by atoms with Crippen LogP contribution < -0.4 is 0 Å². The molecule has 1 heterocycles. The quantitative estimate of drug-likeness (QED) is 0.864. The number of hydrogen-bond donors (Lipinski definition) is 2. The maximum atomic E-state index is 12.5. The van der Waals surface area contributed by atoms with Gasteiger partial charge in [0.1, 0.15) is 10.8 Å². The SMILES string of the molecule is CC1=C(O)C(=O)C2=Cc3cccc(O)c3C2=C1Sc1ccccn1. The Labute approximate surface area is 142 Å². The minimum Gasteiger partial charge on any atom is -0.507 e. The van der Waals surface area contributed by atoms with Gasteiger partial charge in [0.25, 0.3) is 0 Å². The van der Waals surface area contributed by atoms with Gasteiger partial charge in [0.2, 0.25) is 5.78 Å². The molecule has 24 heavy (non-hydrogen) atoms. The molecule has 0 amide bonds. The number of aliphatic hydroxyl groups is 1. The molecule has 0 saturated heterocycles. The molecule has 0 aliphatic heterocycles. The van der Waals surface area contributed by atoms with Gasteiger partial charge in [-0.15, -0.1) is 0 Å². The number of rotatable bonds is 2. The van der Waals surface area contributed by atoms with Gasteiger partial charge in [-0.25, -0.2) is 4.98 Å². The van der Waals surface area contributed by atoms with E-state index in [1.807, 2.05) is 24.3 Å². The van der Waals surface area contributed by atoms with Gasteiger partial charge < -0.3 is 10.2 Å². The summed E-state index contributed by atoms with van der Waals surface area (Å²) in [5.41, 5.74) is 2.98. The largest absolute Gasteiger partial charge is 0.507 e. The number of carbonyl (C=O) groups is 1. The van der Waals surface area contributed by atoms with Crippen LogP contribution in [0.4, 0.5) is 0 Å². The molecule has 0 spiro atoms. The summed E-state index contributed by atoms with van der Waals surface area (Å²) in [6, 6.07) is 10.8. The number of allylic oxidation sites excluding steroid dienone is 3. The highest BCUT2D eigenvalue weighted by atomic mass is 32.2. The number of phenolic OH excluding ortho intramolecular Hbond substituents is 1. The van der Waals surface area contributed by atoms with Gasteiger partial charge in [0.05, 0.1) is 0 Å². The maximum absolute atomic E-state index is 12.5. The van der Waals surface area contributed by atoms with Crippen molar-refractivity contribution in [2.24, 2.45) is 0 Å². The number of hydrogen-bond acceptors (Lipinski definition) is 5. The van der Waals surface area contributed by atoms with Crippen LogP contribution in [0.2, 0.25) is 0 Å². The zero-order valence-electron chi connectivity index (χ0n) is 12.8. The standard InChI is InChI=1S/C19H13NO3S/c1-10-17(22)18(23)12-9-11-5-4-6-13(21)15(11)16(12)19(10)24-14-7-2-3-8-20-14/h2-9,21-22H,1H3. The Hall–Kier alpha value is -2.79. The van der Waals surface area contributed by atoms with Crippen molar-refractivity contribution in [1.29, 1.82) is 0 Å². The molecule has 0 fully saturated rings. The van der Waals surface area contributed by atoms with E-state index >= 15 is 0 Å². The number of thioether (sulfide) groups is 1. The molecule has 2 aliphatic carbocycles. The van der Waals surface area contributed by atoms with E-state index < -0.39 is 5.78 Å². The number of aromatic nitrogens is 1. The topological polar surface area (TPSA) is 70.4 Å². The van der Waals surface area contributed by atoms with E-state index in [-0.39, 0.29) is 11.5 Å².